The highest BCUT2D eigenvalue weighted by atomic mass is 127. The monoisotopic (exact) mass is 661 g/mol. The quantitative estimate of drug-likeness (QED) is 0.142. The molecule has 0 spiro atoms. The Morgan fingerprint density at radius 1 is 1.00 bits per heavy atom. The molecule has 1 aliphatic carbocycles. The van der Waals surface area contributed by atoms with E-state index < -0.39 is 32.9 Å². The Morgan fingerprint density at radius 2 is 1.57 bits per heavy atom. The third-order valence-corrected chi connectivity index (χ3v) is 6.17. The van der Waals surface area contributed by atoms with Crippen molar-refractivity contribution in [2.75, 3.05) is 0 Å². The number of rotatable bonds is 3. The van der Waals surface area contributed by atoms with E-state index in [1.54, 1.807) is 0 Å². The molecule has 1 aromatic rings. The molecule has 2 unspecified atom stereocenters. The molecule has 0 bridgehead atoms. The van der Waals surface area contributed by atoms with E-state index in [2.05, 4.69) is 4.98 Å². The van der Waals surface area contributed by atoms with Gasteiger partial charge in [0, 0.05) is 23.8 Å². The van der Waals surface area contributed by atoms with E-state index in [1.807, 2.05) is 0 Å². The summed E-state index contributed by atoms with van der Waals surface area (Å²) in [6.45, 7) is 0. The van der Waals surface area contributed by atoms with Gasteiger partial charge in [0.25, 0.3) is 0 Å². The van der Waals surface area contributed by atoms with E-state index >= 15 is 0 Å². The fourth-order valence-corrected chi connectivity index (χ4v) is 5.89. The molecule has 2 atom stereocenters. The third-order valence-electron chi connectivity index (χ3n) is 3.91. The molecule has 0 radical (unpaired) electrons. The highest BCUT2D eigenvalue weighted by molar-refractivity contribution is 14.1. The van der Waals surface area contributed by atoms with Gasteiger partial charge in [-0.2, -0.15) is 35.1 Å². The van der Waals surface area contributed by atoms with Gasteiger partial charge in [0.05, 0.1) is 3.42 Å². The maximum Gasteiger partial charge on any atom is 0.457 e. The summed E-state index contributed by atoms with van der Waals surface area (Å²) in [6.07, 6.45) is -11.5. The van der Waals surface area contributed by atoms with Crippen LogP contribution in [0.15, 0.2) is 39.6 Å². The second-order valence-corrected chi connectivity index (χ2v) is 9.47. The van der Waals surface area contributed by atoms with E-state index in [-0.39, 0.29) is 20.7 Å². The van der Waals surface area contributed by atoms with Crippen molar-refractivity contribution in [2.45, 2.75) is 33.8 Å². The van der Waals surface area contributed by atoms with Gasteiger partial charge in [-0.1, -0.05) is 46.3 Å². The van der Waals surface area contributed by atoms with Gasteiger partial charge in [0.1, 0.15) is 5.15 Å². The van der Waals surface area contributed by atoms with Crippen LogP contribution in [0.1, 0.15) is 12.0 Å². The Kier molecular flexibility index (Phi) is 6.40. The fraction of sp³-hybridized carbons (Fsp3) is 0.400. The van der Waals surface area contributed by atoms with E-state index in [4.69, 9.17) is 11.6 Å². The molecule has 0 saturated carbocycles. The van der Waals surface area contributed by atoms with Crippen LogP contribution >= 0.6 is 56.8 Å². The fourth-order valence-electron chi connectivity index (χ4n) is 2.59. The average Bonchev–Trinajstić information content (AvgIpc) is 2.51. The number of nitrogens with zero attached hydrogens (tertiary/aromatic N) is 1. The third kappa shape index (κ3) is 3.88. The first-order valence-corrected chi connectivity index (χ1v) is 9.60. The normalized spacial score (nSPS) is 23.7. The zero-order valence-corrected chi connectivity index (χ0v) is 18.1. The molecule has 1 aromatic heterocycles. The van der Waals surface area contributed by atoms with Crippen molar-refractivity contribution in [2.24, 2.45) is 0 Å². The van der Waals surface area contributed by atoms with Crippen LogP contribution in [-0.4, -0.2) is 28.9 Å². The minimum atomic E-state index is -6.78. The first-order valence-electron chi connectivity index (χ1n) is 7.07. The first kappa shape index (κ1) is 24.0. The minimum absolute atomic E-state index is 0.0388. The van der Waals surface area contributed by atoms with Gasteiger partial charge >= 0.3 is 23.9 Å². The molecule has 2 rings (SSSR count). The predicted molar refractivity (Wildman–Crippen MR) is 101 cm³/mol. The molecule has 1 aliphatic rings. The maximum atomic E-state index is 14.8. The zero-order valence-electron chi connectivity index (χ0n) is 13.1. The molecule has 0 N–H and O–H groups in total. The van der Waals surface area contributed by atoms with Gasteiger partial charge < -0.3 is 0 Å². The molecule has 0 amide bonds. The number of halogens is 12. The first-order chi connectivity index (χ1) is 12.5. The Labute approximate surface area is 184 Å². The van der Waals surface area contributed by atoms with Gasteiger partial charge in [-0.25, -0.2) is 9.37 Å². The van der Waals surface area contributed by atoms with Crippen molar-refractivity contribution < 1.29 is 39.5 Å². The average molecular weight is 661 g/mol. The van der Waals surface area contributed by atoms with Gasteiger partial charge in [0.2, 0.25) is 0 Å². The molecule has 28 heavy (non-hydrogen) atoms. The second-order valence-electron chi connectivity index (χ2n) is 5.80. The van der Waals surface area contributed by atoms with E-state index in [9.17, 15) is 39.5 Å². The van der Waals surface area contributed by atoms with Gasteiger partial charge in [-0.05, 0) is 38.3 Å². The molecule has 13 heteroatoms. The summed E-state index contributed by atoms with van der Waals surface area (Å²) < 4.78 is 119. The summed E-state index contributed by atoms with van der Waals surface area (Å²) in [6, 6.07) is 2.65. The maximum absolute atomic E-state index is 14.8. The highest BCUT2D eigenvalue weighted by Gasteiger charge is 2.82. The molecule has 0 aromatic carbocycles. The van der Waals surface area contributed by atoms with Gasteiger partial charge in [-0.15, -0.1) is 0 Å². The van der Waals surface area contributed by atoms with E-state index in [0.717, 1.165) is 0 Å². The number of hydrogen-bond donors (Lipinski definition) is 0. The van der Waals surface area contributed by atoms with Crippen LogP contribution in [0.4, 0.5) is 39.5 Å². The SMILES string of the molecule is FC(F)(F)C(F)(F)C(F)(C1=CC(I)(c2cccnc2Cl)CC(I)=C1)C(F)(F)F. The zero-order chi connectivity index (χ0) is 21.8. The Hall–Kier alpha value is -0.250. The predicted octanol–water partition coefficient (Wildman–Crippen LogP) is 7.48. The molecule has 0 saturated heterocycles. The molecule has 1 heterocycles. The molecule has 156 valence electrons. The van der Waals surface area contributed by atoms with Crippen LogP contribution in [0.5, 0.6) is 0 Å². The van der Waals surface area contributed by atoms with Crippen LogP contribution in [0, 0.1) is 0 Å². The van der Waals surface area contributed by atoms with Gasteiger partial charge in [0.15, 0.2) is 0 Å². The number of hydrogen-bond acceptors (Lipinski definition) is 1. The number of pyridine rings is 1. The van der Waals surface area contributed by atoms with Crippen LogP contribution < -0.4 is 0 Å². The molecular weight excluding hydrogens is 654 g/mol. The van der Waals surface area contributed by atoms with Crippen molar-refractivity contribution in [1.82, 2.24) is 4.98 Å². The summed E-state index contributed by atoms with van der Waals surface area (Å²) in [5.41, 5.74) is -7.82. The summed E-state index contributed by atoms with van der Waals surface area (Å²) in [4.78, 5) is 3.71. The summed E-state index contributed by atoms with van der Waals surface area (Å²) in [5.74, 6) is -6.73. The largest absolute Gasteiger partial charge is 0.457 e. The van der Waals surface area contributed by atoms with E-state index in [1.165, 1.54) is 63.5 Å². The van der Waals surface area contributed by atoms with Crippen LogP contribution in [0.2, 0.25) is 5.15 Å². The summed E-state index contributed by atoms with van der Waals surface area (Å²) >= 11 is 8.87. The molecule has 1 nitrogen and oxygen atoms in total. The van der Waals surface area contributed by atoms with Gasteiger partial charge in [-0.3, -0.25) is 0 Å². The van der Waals surface area contributed by atoms with Crippen LogP contribution in [-0.2, 0) is 3.42 Å². The Bertz CT molecular complexity index is 834. The van der Waals surface area contributed by atoms with E-state index in [0.29, 0.717) is 12.2 Å². The lowest BCUT2D eigenvalue weighted by molar-refractivity contribution is -0.371. The Balaban J connectivity index is 2.80. The van der Waals surface area contributed by atoms with Crippen molar-refractivity contribution >= 4 is 56.8 Å². The van der Waals surface area contributed by atoms with Crippen molar-refractivity contribution in [1.29, 1.82) is 0 Å². The van der Waals surface area contributed by atoms with Crippen LogP contribution in [0.3, 0.4) is 0 Å². The lowest BCUT2D eigenvalue weighted by Gasteiger charge is -2.39. The lowest BCUT2D eigenvalue weighted by Crippen LogP contribution is -2.63. The number of allylic oxidation sites excluding steroid dienone is 4. The molecule has 0 fully saturated rings. The summed E-state index contributed by atoms with van der Waals surface area (Å²) in [7, 11) is 0. The van der Waals surface area contributed by atoms with Crippen molar-refractivity contribution in [3.63, 3.8) is 0 Å². The lowest BCUT2D eigenvalue weighted by atomic mass is 9.80. The Morgan fingerprint density at radius 3 is 2.04 bits per heavy atom. The summed E-state index contributed by atoms with van der Waals surface area (Å²) in [5, 5.41) is -0.211. The topological polar surface area (TPSA) is 12.9 Å². The minimum Gasteiger partial charge on any atom is -0.244 e. The molecule has 0 aliphatic heterocycles. The second kappa shape index (κ2) is 7.46. The standard InChI is InChI=1S/C15H7ClF9I2N/c16-10-9(2-1-3-28-10)11(27)5-7(4-8(26)6-11)12(17,14(20,21)22)13(18,19)15(23,24)25/h1-5H,6H2. The molecular formula is C15H7ClF9I2N. The highest BCUT2D eigenvalue weighted by Crippen LogP contribution is 2.59. The number of alkyl halides is 10. The van der Waals surface area contributed by atoms with Crippen molar-refractivity contribution in [3.8, 4) is 0 Å². The number of aromatic nitrogens is 1. The smallest absolute Gasteiger partial charge is 0.244 e. The van der Waals surface area contributed by atoms with Crippen LogP contribution in [0.25, 0.3) is 0 Å². The van der Waals surface area contributed by atoms with Crippen molar-refractivity contribution in [3.05, 3.63) is 50.4 Å².